The van der Waals surface area contributed by atoms with Crippen molar-refractivity contribution in [2.24, 2.45) is 0 Å². The zero-order valence-electron chi connectivity index (χ0n) is 18.6. The molecule has 10 heteroatoms. The molecule has 4 rings (SSSR count). The number of benzene rings is 1. The van der Waals surface area contributed by atoms with Gasteiger partial charge >= 0.3 is 6.03 Å². The van der Waals surface area contributed by atoms with Crippen molar-refractivity contribution in [1.82, 2.24) is 15.2 Å². The number of pyridine rings is 1. The summed E-state index contributed by atoms with van der Waals surface area (Å²) in [6.45, 7) is 1.58. The second-order valence-corrected chi connectivity index (χ2v) is 11.5. The number of likely N-dealkylation sites (tertiary alicyclic amines) is 1. The number of urea groups is 1. The minimum Gasteiger partial charge on any atom is -0.495 e. The summed E-state index contributed by atoms with van der Waals surface area (Å²) in [5.74, 6) is 1.62. The van der Waals surface area contributed by atoms with E-state index in [-0.39, 0.29) is 18.0 Å². The largest absolute Gasteiger partial charge is 0.495 e. The van der Waals surface area contributed by atoms with Crippen molar-refractivity contribution >= 4 is 33.9 Å². The van der Waals surface area contributed by atoms with Gasteiger partial charge in [-0.25, -0.2) is 4.79 Å². The number of anilines is 1. The zero-order chi connectivity index (χ0) is 23.4. The molecule has 2 saturated heterocycles. The summed E-state index contributed by atoms with van der Waals surface area (Å²) in [5, 5.41) is 6.63. The van der Waals surface area contributed by atoms with Crippen molar-refractivity contribution in [3.8, 4) is 5.75 Å². The summed E-state index contributed by atoms with van der Waals surface area (Å²) < 4.78 is 25.2. The van der Waals surface area contributed by atoms with Crippen LogP contribution >= 0.6 is 22.2 Å². The van der Waals surface area contributed by atoms with E-state index in [0.717, 1.165) is 38.0 Å². The molecule has 2 amide bonds. The Morgan fingerprint density at radius 2 is 1.88 bits per heavy atom. The average Bonchev–Trinajstić information content (AvgIpc) is 2.81. The van der Waals surface area contributed by atoms with E-state index < -0.39 is 10.6 Å². The van der Waals surface area contributed by atoms with Gasteiger partial charge in [-0.15, -0.1) is 0 Å². The molecule has 8 nitrogen and oxygen atoms in total. The van der Waals surface area contributed by atoms with Crippen molar-refractivity contribution in [2.45, 2.75) is 37.3 Å². The lowest BCUT2D eigenvalue weighted by Gasteiger charge is -2.47. The Bertz CT molecular complexity index is 934. The summed E-state index contributed by atoms with van der Waals surface area (Å²) in [7, 11) is -0.804. The second kappa shape index (κ2) is 10.5. The number of ether oxygens (including phenoxy) is 1. The number of hydrogen-bond acceptors (Lipinski definition) is 6. The lowest BCUT2D eigenvalue weighted by Crippen LogP contribution is -2.54. The normalized spacial score (nSPS) is 24.6. The summed E-state index contributed by atoms with van der Waals surface area (Å²) in [6.07, 6.45) is 4.04. The van der Waals surface area contributed by atoms with Gasteiger partial charge in [-0.3, -0.25) is 19.0 Å². The van der Waals surface area contributed by atoms with Crippen LogP contribution in [0.3, 0.4) is 0 Å². The van der Waals surface area contributed by atoms with Crippen molar-refractivity contribution < 1.29 is 18.6 Å². The maximum Gasteiger partial charge on any atom is 0.319 e. The number of halogens is 1. The Hall–Kier alpha value is -2.04. The quantitative estimate of drug-likeness (QED) is 0.482. The van der Waals surface area contributed by atoms with Crippen LogP contribution in [0.1, 0.15) is 30.9 Å². The van der Waals surface area contributed by atoms with Gasteiger partial charge in [-0.2, -0.15) is 10.6 Å². The molecular weight excluding hydrogens is 464 g/mol. The molecule has 0 bridgehead atoms. The number of nitrogens with zero attached hydrogens (tertiary/aromatic N) is 2. The van der Waals surface area contributed by atoms with Crippen LogP contribution in [0.25, 0.3) is 0 Å². The first-order valence-electron chi connectivity index (χ1n) is 11.1. The Balaban J connectivity index is 1.46. The van der Waals surface area contributed by atoms with Crippen LogP contribution in [-0.4, -0.2) is 68.8 Å². The molecule has 2 fully saturated rings. The maximum absolute atomic E-state index is 12.7. The van der Waals surface area contributed by atoms with Crippen molar-refractivity contribution in [2.75, 3.05) is 37.0 Å². The Morgan fingerprint density at radius 1 is 1.15 bits per heavy atom. The first kappa shape index (κ1) is 24.1. The molecule has 2 atom stereocenters. The van der Waals surface area contributed by atoms with E-state index >= 15 is 0 Å². The van der Waals surface area contributed by atoms with E-state index in [2.05, 4.69) is 20.5 Å². The monoisotopic (exact) mass is 494 g/mol. The minimum absolute atomic E-state index is 0.00269. The molecule has 0 spiro atoms. The summed E-state index contributed by atoms with van der Waals surface area (Å²) in [5.41, 5.74) is 1.58. The number of hydrogen-bond donors (Lipinski definition) is 4. The van der Waals surface area contributed by atoms with Gasteiger partial charge in [0.05, 0.1) is 13.3 Å². The smallest absolute Gasteiger partial charge is 0.319 e. The third-order valence-corrected chi connectivity index (χ3v) is 8.54. The van der Waals surface area contributed by atoms with Crippen LogP contribution in [0.5, 0.6) is 5.75 Å². The molecule has 2 aliphatic heterocycles. The predicted molar refractivity (Wildman–Crippen MR) is 133 cm³/mol. The van der Waals surface area contributed by atoms with E-state index in [1.54, 1.807) is 37.6 Å². The third-order valence-electron chi connectivity index (χ3n) is 6.51. The highest BCUT2D eigenvalue weighted by molar-refractivity contribution is 8.24. The first-order chi connectivity index (χ1) is 15.8. The molecule has 1 aromatic heterocycles. The van der Waals surface area contributed by atoms with Gasteiger partial charge in [0.15, 0.2) is 0 Å². The van der Waals surface area contributed by atoms with Gasteiger partial charge in [0, 0.05) is 59.0 Å². The van der Waals surface area contributed by atoms with E-state index in [9.17, 15) is 13.9 Å². The number of carbonyl (C=O) groups is 1. The van der Waals surface area contributed by atoms with E-state index in [1.165, 1.54) is 0 Å². The van der Waals surface area contributed by atoms with Gasteiger partial charge in [0.25, 0.3) is 0 Å². The fourth-order valence-electron chi connectivity index (χ4n) is 4.64. The first-order valence-corrected chi connectivity index (χ1v) is 13.4. The Labute approximate surface area is 201 Å². The standard InChI is InChI=1S/C23H31ClN4O4S/c1-32-19-6-7-21(25-14-19)20-15-28(18-9-12-33(30,31)13-10-18)11-8-22(20)27-23(29)26-17-4-2-16(24)3-5-17/h2-7,14,18,20,22,30-31H,8-13,15H2,1H3,(H2,26,27,29). The molecule has 0 saturated carbocycles. The number of amides is 2. The maximum atomic E-state index is 12.7. The zero-order valence-corrected chi connectivity index (χ0v) is 20.2. The molecule has 33 heavy (non-hydrogen) atoms. The topological polar surface area (TPSA) is 107 Å². The molecule has 2 aromatic rings. The molecule has 2 unspecified atom stereocenters. The summed E-state index contributed by atoms with van der Waals surface area (Å²) in [6, 6.07) is 10.8. The Morgan fingerprint density at radius 3 is 2.52 bits per heavy atom. The third kappa shape index (κ3) is 6.30. The number of piperidine rings is 1. The van der Waals surface area contributed by atoms with Gasteiger partial charge in [0.2, 0.25) is 0 Å². The average molecular weight is 495 g/mol. The van der Waals surface area contributed by atoms with Crippen LogP contribution in [0, 0.1) is 0 Å². The SMILES string of the molecule is COc1ccc(C2CN(C3CCS(O)(O)CC3)CCC2NC(=O)Nc2ccc(Cl)cc2)nc1. The van der Waals surface area contributed by atoms with Crippen molar-refractivity contribution in [3.63, 3.8) is 0 Å². The van der Waals surface area contributed by atoms with Gasteiger partial charge in [0.1, 0.15) is 5.75 Å². The lowest BCUT2D eigenvalue weighted by atomic mass is 9.87. The molecule has 3 heterocycles. The molecule has 4 N–H and O–H groups in total. The molecule has 1 aromatic carbocycles. The highest BCUT2D eigenvalue weighted by atomic mass is 35.5. The van der Waals surface area contributed by atoms with Crippen molar-refractivity contribution in [1.29, 1.82) is 0 Å². The van der Waals surface area contributed by atoms with Crippen LogP contribution in [0.4, 0.5) is 10.5 Å². The number of carbonyl (C=O) groups excluding carboxylic acids is 1. The van der Waals surface area contributed by atoms with Crippen LogP contribution in [-0.2, 0) is 0 Å². The number of aromatic nitrogens is 1. The van der Waals surface area contributed by atoms with E-state index in [4.69, 9.17) is 16.3 Å². The minimum atomic E-state index is -2.41. The number of nitrogens with one attached hydrogen (secondary N) is 2. The lowest BCUT2D eigenvalue weighted by molar-refractivity contribution is 0.118. The molecule has 0 aliphatic carbocycles. The van der Waals surface area contributed by atoms with E-state index in [0.29, 0.717) is 34.0 Å². The van der Waals surface area contributed by atoms with Crippen LogP contribution in [0.2, 0.25) is 5.02 Å². The molecule has 180 valence electrons. The highest BCUT2D eigenvalue weighted by Gasteiger charge is 2.37. The van der Waals surface area contributed by atoms with Crippen molar-refractivity contribution in [3.05, 3.63) is 53.3 Å². The van der Waals surface area contributed by atoms with Crippen LogP contribution < -0.4 is 15.4 Å². The second-order valence-electron chi connectivity index (χ2n) is 8.67. The Kier molecular flexibility index (Phi) is 7.65. The van der Waals surface area contributed by atoms with E-state index in [1.807, 2.05) is 12.1 Å². The summed E-state index contributed by atoms with van der Waals surface area (Å²) in [4.78, 5) is 19.8. The molecular formula is C23H31ClN4O4S. The van der Waals surface area contributed by atoms with Gasteiger partial charge in [-0.05, 0) is 55.7 Å². The van der Waals surface area contributed by atoms with Gasteiger partial charge < -0.3 is 15.4 Å². The number of rotatable bonds is 5. The molecule has 0 radical (unpaired) electrons. The summed E-state index contributed by atoms with van der Waals surface area (Å²) >= 11 is 5.93. The fourth-order valence-corrected chi connectivity index (χ4v) is 6.27. The molecule has 2 aliphatic rings. The number of methoxy groups -OCH3 is 1. The highest BCUT2D eigenvalue weighted by Crippen LogP contribution is 2.45. The predicted octanol–water partition coefficient (Wildman–Crippen LogP) is 4.64. The van der Waals surface area contributed by atoms with Crippen LogP contribution in [0.15, 0.2) is 42.6 Å². The van der Waals surface area contributed by atoms with Gasteiger partial charge in [-0.1, -0.05) is 11.6 Å². The fraction of sp³-hybridized carbons (Fsp3) is 0.478.